The van der Waals surface area contributed by atoms with Crippen molar-refractivity contribution in [1.82, 2.24) is 14.6 Å². The molecular formula is C21H24N4O. The van der Waals surface area contributed by atoms with Crippen LogP contribution >= 0.6 is 0 Å². The van der Waals surface area contributed by atoms with Crippen LogP contribution in [0, 0.1) is 13.8 Å². The lowest BCUT2D eigenvalue weighted by Crippen LogP contribution is -2.18. The smallest absolute Gasteiger partial charge is 0.168 e. The predicted octanol–water partition coefficient (Wildman–Crippen LogP) is 3.85. The van der Waals surface area contributed by atoms with E-state index < -0.39 is 0 Å². The van der Waals surface area contributed by atoms with Crippen molar-refractivity contribution in [3.05, 3.63) is 83.4 Å². The molecule has 0 N–H and O–H groups in total. The summed E-state index contributed by atoms with van der Waals surface area (Å²) in [5.41, 5.74) is 4.59. The van der Waals surface area contributed by atoms with Crippen molar-refractivity contribution in [2.45, 2.75) is 20.5 Å². The molecular weight excluding hydrogens is 324 g/mol. The number of hydrogen-bond acceptors (Lipinski definition) is 4. The minimum absolute atomic E-state index is 0.516. The Balaban J connectivity index is 1.92. The molecule has 134 valence electrons. The third kappa shape index (κ3) is 4.11. The molecule has 0 spiro atoms. The minimum Gasteiger partial charge on any atom is -0.488 e. The van der Waals surface area contributed by atoms with Crippen LogP contribution in [0.25, 0.3) is 0 Å². The van der Waals surface area contributed by atoms with Crippen molar-refractivity contribution in [3.8, 4) is 5.75 Å². The second-order valence-corrected chi connectivity index (χ2v) is 6.46. The van der Waals surface area contributed by atoms with E-state index in [0.717, 1.165) is 17.1 Å². The molecule has 5 nitrogen and oxygen atoms in total. The summed E-state index contributed by atoms with van der Waals surface area (Å²) in [5.74, 6) is 1.56. The molecule has 0 amide bonds. The zero-order valence-electron chi connectivity index (χ0n) is 15.7. The Morgan fingerprint density at radius 2 is 1.96 bits per heavy atom. The number of ether oxygens (including phenoxy) is 1. The van der Waals surface area contributed by atoms with Crippen LogP contribution in [0.5, 0.6) is 5.75 Å². The molecule has 1 aromatic heterocycles. The zero-order chi connectivity index (χ0) is 18.5. The van der Waals surface area contributed by atoms with Gasteiger partial charge in [0.15, 0.2) is 5.84 Å². The number of hydrogen-bond donors (Lipinski definition) is 0. The van der Waals surface area contributed by atoms with Crippen molar-refractivity contribution >= 4 is 5.84 Å². The summed E-state index contributed by atoms with van der Waals surface area (Å²) in [4.78, 5) is 4.14. The topological polar surface area (TPSA) is 42.6 Å². The van der Waals surface area contributed by atoms with E-state index in [4.69, 9.17) is 4.74 Å². The number of aryl methyl sites for hydroxylation is 2. The monoisotopic (exact) mass is 348 g/mol. The first-order valence-corrected chi connectivity index (χ1v) is 8.57. The van der Waals surface area contributed by atoms with Crippen LogP contribution in [-0.4, -0.2) is 34.5 Å². The third-order valence-corrected chi connectivity index (χ3v) is 4.05. The van der Waals surface area contributed by atoms with Crippen molar-refractivity contribution < 1.29 is 4.74 Å². The van der Waals surface area contributed by atoms with E-state index in [2.05, 4.69) is 42.1 Å². The predicted molar refractivity (Wildman–Crippen MR) is 105 cm³/mol. The van der Waals surface area contributed by atoms with E-state index in [1.807, 2.05) is 49.1 Å². The summed E-state index contributed by atoms with van der Waals surface area (Å²) >= 11 is 0. The molecule has 0 atom stereocenters. The molecule has 0 saturated carbocycles. The van der Waals surface area contributed by atoms with Gasteiger partial charge in [-0.05, 0) is 37.1 Å². The lowest BCUT2D eigenvalue weighted by atomic mass is 10.1. The highest BCUT2D eigenvalue weighted by atomic mass is 16.5. The minimum atomic E-state index is 0.516. The Labute approximate surface area is 154 Å². The van der Waals surface area contributed by atoms with E-state index in [0.29, 0.717) is 6.61 Å². The molecule has 0 aliphatic heterocycles. The van der Waals surface area contributed by atoms with Gasteiger partial charge in [0.05, 0.1) is 5.56 Å². The maximum absolute atomic E-state index is 6.17. The maximum atomic E-state index is 6.17. The highest BCUT2D eigenvalue weighted by Crippen LogP contribution is 2.22. The van der Waals surface area contributed by atoms with Gasteiger partial charge < -0.3 is 9.75 Å². The molecule has 3 rings (SSSR count). The molecule has 0 bridgehead atoms. The highest BCUT2D eigenvalue weighted by Gasteiger charge is 2.13. The van der Waals surface area contributed by atoms with Gasteiger partial charge in [-0.1, -0.05) is 35.9 Å². The van der Waals surface area contributed by atoms with E-state index in [9.17, 15) is 0 Å². The van der Waals surface area contributed by atoms with Crippen molar-refractivity contribution in [2.75, 3.05) is 14.1 Å². The van der Waals surface area contributed by atoms with E-state index in [-0.39, 0.29) is 0 Å². The zero-order valence-corrected chi connectivity index (χ0v) is 15.7. The van der Waals surface area contributed by atoms with Crippen LogP contribution in [0.1, 0.15) is 22.3 Å². The maximum Gasteiger partial charge on any atom is 0.168 e. The summed E-state index contributed by atoms with van der Waals surface area (Å²) in [7, 11) is 3.80. The van der Waals surface area contributed by atoms with Crippen LogP contribution in [0.15, 0.2) is 66.3 Å². The fraction of sp³-hybridized carbons (Fsp3) is 0.238. The second kappa shape index (κ2) is 7.87. The fourth-order valence-corrected chi connectivity index (χ4v) is 2.76. The Hall–Kier alpha value is -3.08. The Morgan fingerprint density at radius 1 is 1.15 bits per heavy atom. The number of imidazole rings is 1. The second-order valence-electron chi connectivity index (χ2n) is 6.46. The summed E-state index contributed by atoms with van der Waals surface area (Å²) in [6.07, 6.45) is 5.36. The molecule has 0 radical (unpaired) electrons. The van der Waals surface area contributed by atoms with Gasteiger partial charge >= 0.3 is 0 Å². The fourth-order valence-electron chi connectivity index (χ4n) is 2.76. The Morgan fingerprint density at radius 3 is 2.65 bits per heavy atom. The quantitative estimate of drug-likeness (QED) is 0.400. The average Bonchev–Trinajstić information content (AvgIpc) is 3.13. The molecule has 0 saturated heterocycles. The molecule has 0 unspecified atom stereocenters. The average molecular weight is 348 g/mol. The number of hydrazone groups is 1. The van der Waals surface area contributed by atoms with E-state index >= 15 is 0 Å². The first kappa shape index (κ1) is 17.7. The molecule has 26 heavy (non-hydrogen) atoms. The van der Waals surface area contributed by atoms with Gasteiger partial charge in [0.2, 0.25) is 0 Å². The summed E-state index contributed by atoms with van der Waals surface area (Å²) in [5, 5.41) is 6.40. The molecule has 1 heterocycles. The van der Waals surface area contributed by atoms with Crippen LogP contribution in [-0.2, 0) is 6.61 Å². The summed E-state index contributed by atoms with van der Waals surface area (Å²) < 4.78 is 8.06. The standard InChI is InChI=1S/C21H24N4O/c1-16-9-10-18(17(2)13-16)14-26-20-8-6-5-7-19(20)21(23-24(3)4)25-12-11-22-15-25/h5-13,15H,14H2,1-4H3. The molecule has 3 aromatic rings. The van der Waals surface area contributed by atoms with Crippen LogP contribution < -0.4 is 4.74 Å². The van der Waals surface area contributed by atoms with Gasteiger partial charge in [0, 0.05) is 26.5 Å². The largest absolute Gasteiger partial charge is 0.488 e. The van der Waals surface area contributed by atoms with Crippen molar-refractivity contribution in [3.63, 3.8) is 0 Å². The van der Waals surface area contributed by atoms with E-state index in [1.54, 1.807) is 17.5 Å². The molecule has 5 heteroatoms. The van der Waals surface area contributed by atoms with Crippen LogP contribution in [0.3, 0.4) is 0 Å². The van der Waals surface area contributed by atoms with Crippen LogP contribution in [0.2, 0.25) is 0 Å². The first-order chi connectivity index (χ1) is 12.5. The molecule has 0 fully saturated rings. The number of benzene rings is 2. The van der Waals surface area contributed by atoms with Gasteiger partial charge in [-0.25, -0.2) is 4.98 Å². The number of para-hydroxylation sites is 1. The normalized spacial score (nSPS) is 11.5. The Kier molecular flexibility index (Phi) is 5.37. The number of aromatic nitrogens is 2. The van der Waals surface area contributed by atoms with E-state index in [1.165, 1.54) is 16.7 Å². The number of rotatable bonds is 5. The molecule has 2 aromatic carbocycles. The lowest BCUT2D eigenvalue weighted by molar-refractivity contribution is 0.304. The first-order valence-electron chi connectivity index (χ1n) is 8.57. The van der Waals surface area contributed by atoms with Gasteiger partial charge in [-0.2, -0.15) is 5.10 Å². The summed E-state index contributed by atoms with van der Waals surface area (Å²) in [6.45, 7) is 4.73. The van der Waals surface area contributed by atoms with Gasteiger partial charge in [-0.3, -0.25) is 4.57 Å². The van der Waals surface area contributed by atoms with Gasteiger partial charge in [0.25, 0.3) is 0 Å². The molecule has 0 aliphatic rings. The summed E-state index contributed by atoms with van der Waals surface area (Å²) in [6, 6.07) is 14.4. The highest BCUT2D eigenvalue weighted by molar-refractivity contribution is 6.02. The SMILES string of the molecule is Cc1ccc(COc2ccccc2C(=NN(C)C)n2ccnc2)c(C)c1. The third-order valence-electron chi connectivity index (χ3n) is 4.05. The molecule has 0 aliphatic carbocycles. The Bertz CT molecular complexity index is 898. The van der Waals surface area contributed by atoms with Gasteiger partial charge in [0.1, 0.15) is 18.7 Å². The number of nitrogens with zero attached hydrogens (tertiary/aromatic N) is 4. The van der Waals surface area contributed by atoms with Gasteiger partial charge in [-0.15, -0.1) is 0 Å². The van der Waals surface area contributed by atoms with Crippen LogP contribution in [0.4, 0.5) is 0 Å². The van der Waals surface area contributed by atoms with Crippen molar-refractivity contribution in [1.29, 1.82) is 0 Å². The lowest BCUT2D eigenvalue weighted by Gasteiger charge is -2.16. The van der Waals surface area contributed by atoms with Crippen molar-refractivity contribution in [2.24, 2.45) is 5.10 Å².